The quantitative estimate of drug-likeness (QED) is 0.818. The SMILES string of the molecule is Cc1ccc(C(=O)OCC(=O)NC(C)c2ccc(Cl)c(Cl)c2)cn1. The van der Waals surface area contributed by atoms with Gasteiger partial charge in [-0.15, -0.1) is 0 Å². The molecule has 1 heterocycles. The van der Waals surface area contributed by atoms with Crippen LogP contribution in [0.2, 0.25) is 10.0 Å². The van der Waals surface area contributed by atoms with Crippen LogP contribution >= 0.6 is 23.2 Å². The Morgan fingerprint density at radius 3 is 2.58 bits per heavy atom. The summed E-state index contributed by atoms with van der Waals surface area (Å²) in [4.78, 5) is 27.7. The Kier molecular flexibility index (Phi) is 6.17. The summed E-state index contributed by atoms with van der Waals surface area (Å²) in [6.07, 6.45) is 1.41. The van der Waals surface area contributed by atoms with Crippen LogP contribution in [0.15, 0.2) is 36.5 Å². The van der Waals surface area contributed by atoms with Crippen molar-refractivity contribution in [2.75, 3.05) is 6.61 Å². The van der Waals surface area contributed by atoms with Crippen LogP contribution in [0.4, 0.5) is 0 Å². The molecule has 5 nitrogen and oxygen atoms in total. The van der Waals surface area contributed by atoms with Crippen LogP contribution in [0, 0.1) is 6.92 Å². The van der Waals surface area contributed by atoms with Crippen LogP contribution in [-0.2, 0) is 9.53 Å². The van der Waals surface area contributed by atoms with E-state index in [0.29, 0.717) is 15.6 Å². The Morgan fingerprint density at radius 2 is 1.96 bits per heavy atom. The van der Waals surface area contributed by atoms with Crippen LogP contribution in [0.5, 0.6) is 0 Å². The molecule has 0 aliphatic carbocycles. The Bertz CT molecular complexity index is 748. The molecule has 0 radical (unpaired) electrons. The van der Waals surface area contributed by atoms with Gasteiger partial charge in [-0.05, 0) is 43.7 Å². The van der Waals surface area contributed by atoms with Gasteiger partial charge in [0.2, 0.25) is 0 Å². The molecule has 24 heavy (non-hydrogen) atoms. The zero-order chi connectivity index (χ0) is 17.7. The maximum Gasteiger partial charge on any atom is 0.340 e. The first kappa shape index (κ1) is 18.2. The highest BCUT2D eigenvalue weighted by Crippen LogP contribution is 2.25. The third kappa shape index (κ3) is 4.94. The molecule has 0 bridgehead atoms. The van der Waals surface area contributed by atoms with Gasteiger partial charge in [-0.25, -0.2) is 4.79 Å². The summed E-state index contributed by atoms with van der Waals surface area (Å²) in [5.41, 5.74) is 1.89. The van der Waals surface area contributed by atoms with Crippen molar-refractivity contribution in [3.05, 3.63) is 63.4 Å². The van der Waals surface area contributed by atoms with Crippen molar-refractivity contribution in [2.45, 2.75) is 19.9 Å². The summed E-state index contributed by atoms with van der Waals surface area (Å²) in [5.74, 6) is -1.01. The number of esters is 1. The van der Waals surface area contributed by atoms with Gasteiger partial charge in [-0.1, -0.05) is 29.3 Å². The number of amides is 1. The number of benzene rings is 1. The lowest BCUT2D eigenvalue weighted by atomic mass is 10.1. The molecule has 126 valence electrons. The first-order valence-electron chi connectivity index (χ1n) is 7.21. The molecule has 1 N–H and O–H groups in total. The number of aromatic nitrogens is 1. The molecule has 0 saturated heterocycles. The van der Waals surface area contributed by atoms with E-state index in [0.717, 1.165) is 11.3 Å². The van der Waals surface area contributed by atoms with E-state index < -0.39 is 11.9 Å². The molecule has 2 rings (SSSR count). The van der Waals surface area contributed by atoms with Gasteiger partial charge in [0.25, 0.3) is 5.91 Å². The number of halogens is 2. The molecule has 0 fully saturated rings. The van der Waals surface area contributed by atoms with Crippen molar-refractivity contribution >= 4 is 35.1 Å². The second-order valence-electron chi connectivity index (χ2n) is 5.23. The van der Waals surface area contributed by atoms with Crippen molar-refractivity contribution in [3.63, 3.8) is 0 Å². The van der Waals surface area contributed by atoms with E-state index in [1.165, 1.54) is 6.20 Å². The molecule has 0 aliphatic heterocycles. The van der Waals surface area contributed by atoms with Gasteiger partial charge in [0.1, 0.15) is 0 Å². The van der Waals surface area contributed by atoms with Gasteiger partial charge in [-0.2, -0.15) is 0 Å². The molecule has 0 spiro atoms. The summed E-state index contributed by atoms with van der Waals surface area (Å²) in [5, 5.41) is 3.58. The summed E-state index contributed by atoms with van der Waals surface area (Å²) in [6.45, 7) is 3.23. The van der Waals surface area contributed by atoms with E-state index in [9.17, 15) is 9.59 Å². The lowest BCUT2D eigenvalue weighted by Gasteiger charge is -2.15. The minimum Gasteiger partial charge on any atom is -0.452 e. The highest BCUT2D eigenvalue weighted by molar-refractivity contribution is 6.42. The fourth-order valence-corrected chi connectivity index (χ4v) is 2.26. The molecular weight excluding hydrogens is 351 g/mol. The number of carbonyl (C=O) groups is 2. The zero-order valence-corrected chi connectivity index (χ0v) is 14.7. The Labute approximate surface area is 149 Å². The third-order valence-corrected chi connectivity index (χ3v) is 4.04. The monoisotopic (exact) mass is 366 g/mol. The summed E-state index contributed by atoms with van der Waals surface area (Å²) >= 11 is 11.8. The highest BCUT2D eigenvalue weighted by atomic mass is 35.5. The number of hydrogen-bond donors (Lipinski definition) is 1. The number of nitrogens with zero attached hydrogens (tertiary/aromatic N) is 1. The maximum absolute atomic E-state index is 11.9. The van der Waals surface area contributed by atoms with Crippen molar-refractivity contribution in [2.24, 2.45) is 0 Å². The molecule has 2 aromatic rings. The number of hydrogen-bond acceptors (Lipinski definition) is 4. The second-order valence-corrected chi connectivity index (χ2v) is 6.04. The van der Waals surface area contributed by atoms with E-state index in [-0.39, 0.29) is 12.6 Å². The first-order chi connectivity index (χ1) is 11.4. The van der Waals surface area contributed by atoms with Gasteiger partial charge in [-0.3, -0.25) is 9.78 Å². The van der Waals surface area contributed by atoms with Crippen molar-refractivity contribution in [1.29, 1.82) is 0 Å². The Morgan fingerprint density at radius 1 is 1.21 bits per heavy atom. The average molecular weight is 367 g/mol. The number of ether oxygens (including phenoxy) is 1. The highest BCUT2D eigenvalue weighted by Gasteiger charge is 2.14. The smallest absolute Gasteiger partial charge is 0.340 e. The summed E-state index contributed by atoms with van der Waals surface area (Å²) in [6, 6.07) is 8.10. The van der Waals surface area contributed by atoms with Crippen LogP contribution < -0.4 is 5.32 Å². The number of rotatable bonds is 5. The van der Waals surface area contributed by atoms with E-state index in [1.54, 1.807) is 37.3 Å². The average Bonchev–Trinajstić information content (AvgIpc) is 2.55. The van der Waals surface area contributed by atoms with Gasteiger partial charge in [0.05, 0.1) is 21.7 Å². The normalized spacial score (nSPS) is 11.7. The fraction of sp³-hybridized carbons (Fsp3) is 0.235. The van der Waals surface area contributed by atoms with E-state index >= 15 is 0 Å². The number of carbonyl (C=O) groups excluding carboxylic acids is 2. The third-order valence-electron chi connectivity index (χ3n) is 3.30. The van der Waals surface area contributed by atoms with Gasteiger partial charge in [0, 0.05) is 11.9 Å². The topological polar surface area (TPSA) is 68.3 Å². The molecule has 1 amide bonds. The molecule has 7 heteroatoms. The van der Waals surface area contributed by atoms with E-state index in [1.807, 2.05) is 6.92 Å². The van der Waals surface area contributed by atoms with Gasteiger partial charge in [0.15, 0.2) is 6.61 Å². The minimum absolute atomic E-state index is 0.297. The predicted molar refractivity (Wildman–Crippen MR) is 92.3 cm³/mol. The lowest BCUT2D eigenvalue weighted by Crippen LogP contribution is -2.31. The summed E-state index contributed by atoms with van der Waals surface area (Å²) < 4.78 is 4.97. The summed E-state index contributed by atoms with van der Waals surface area (Å²) in [7, 11) is 0. The molecular formula is C17H16Cl2N2O3. The van der Waals surface area contributed by atoms with Crippen molar-refractivity contribution < 1.29 is 14.3 Å². The Hall–Kier alpha value is -2.11. The molecule has 1 aromatic heterocycles. The molecule has 1 atom stereocenters. The van der Waals surface area contributed by atoms with Crippen LogP contribution in [0.25, 0.3) is 0 Å². The van der Waals surface area contributed by atoms with Gasteiger partial charge < -0.3 is 10.1 Å². The van der Waals surface area contributed by atoms with Crippen LogP contribution in [-0.4, -0.2) is 23.5 Å². The molecule has 1 unspecified atom stereocenters. The molecule has 0 aliphatic rings. The van der Waals surface area contributed by atoms with Crippen LogP contribution in [0.3, 0.4) is 0 Å². The van der Waals surface area contributed by atoms with E-state index in [2.05, 4.69) is 10.3 Å². The standard InChI is InChI=1S/C17H16Cl2N2O3/c1-10-3-4-13(8-20-10)17(23)24-9-16(22)21-11(2)12-5-6-14(18)15(19)7-12/h3-8,11H,9H2,1-2H3,(H,21,22). The number of aryl methyl sites for hydroxylation is 1. The van der Waals surface area contributed by atoms with Crippen molar-refractivity contribution in [1.82, 2.24) is 10.3 Å². The maximum atomic E-state index is 11.9. The van der Waals surface area contributed by atoms with Crippen molar-refractivity contribution in [3.8, 4) is 0 Å². The zero-order valence-electron chi connectivity index (χ0n) is 13.2. The number of pyridine rings is 1. The fourth-order valence-electron chi connectivity index (χ4n) is 1.95. The lowest BCUT2D eigenvalue weighted by molar-refractivity contribution is -0.124. The van der Waals surface area contributed by atoms with Gasteiger partial charge >= 0.3 is 5.97 Å². The first-order valence-corrected chi connectivity index (χ1v) is 7.96. The second kappa shape index (κ2) is 8.13. The Balaban J connectivity index is 1.87. The van der Waals surface area contributed by atoms with E-state index in [4.69, 9.17) is 27.9 Å². The number of nitrogens with one attached hydrogen (secondary N) is 1. The van der Waals surface area contributed by atoms with Crippen LogP contribution in [0.1, 0.15) is 34.6 Å². The minimum atomic E-state index is -0.597. The predicted octanol–water partition coefficient (Wildman–Crippen LogP) is 3.73. The molecule has 0 saturated carbocycles. The molecule has 1 aromatic carbocycles. The largest absolute Gasteiger partial charge is 0.452 e.